The number of aliphatic imine (C=N–C) groups is 1. The minimum Gasteiger partial charge on any atom is -0.370 e. The molecule has 0 amide bonds. The minimum atomic E-state index is 0.351. The number of aryl methyl sites for hydroxylation is 2. The lowest BCUT2D eigenvalue weighted by Crippen LogP contribution is -2.24. The lowest BCUT2D eigenvalue weighted by molar-refractivity contribution is 0.858. The van der Waals surface area contributed by atoms with E-state index in [9.17, 15) is 0 Å². The van der Waals surface area contributed by atoms with Crippen LogP contribution < -0.4 is 11.1 Å². The van der Waals surface area contributed by atoms with E-state index in [1.807, 2.05) is 34.9 Å². The van der Waals surface area contributed by atoms with E-state index in [-0.39, 0.29) is 0 Å². The van der Waals surface area contributed by atoms with Crippen molar-refractivity contribution in [2.45, 2.75) is 33.2 Å². The van der Waals surface area contributed by atoms with Gasteiger partial charge in [-0.1, -0.05) is 50.2 Å². The van der Waals surface area contributed by atoms with Crippen molar-refractivity contribution in [1.29, 1.82) is 0 Å². The van der Waals surface area contributed by atoms with Crippen LogP contribution in [0, 0.1) is 0 Å². The lowest BCUT2D eigenvalue weighted by Gasteiger charge is -2.14. The first-order chi connectivity index (χ1) is 12.7. The number of nitrogens with one attached hydrogen (secondary N) is 1. The van der Waals surface area contributed by atoms with Gasteiger partial charge in [0.05, 0.1) is 0 Å². The van der Waals surface area contributed by atoms with Crippen LogP contribution in [0.3, 0.4) is 0 Å². The molecule has 3 aromatic rings. The molecule has 0 unspecified atom stereocenters. The molecule has 6 heteroatoms. The van der Waals surface area contributed by atoms with Gasteiger partial charge in [-0.25, -0.2) is 4.99 Å². The number of para-hydroxylation sites is 2. The van der Waals surface area contributed by atoms with Gasteiger partial charge in [-0.3, -0.25) is 4.57 Å². The first-order valence-corrected chi connectivity index (χ1v) is 8.85. The van der Waals surface area contributed by atoms with E-state index in [0.29, 0.717) is 12.5 Å². The van der Waals surface area contributed by atoms with E-state index in [4.69, 9.17) is 5.73 Å². The summed E-state index contributed by atoms with van der Waals surface area (Å²) < 4.78 is 1.91. The first kappa shape index (κ1) is 17.7. The second kappa shape index (κ2) is 8.29. The summed E-state index contributed by atoms with van der Waals surface area (Å²) in [4.78, 5) is 4.46. The Labute approximate surface area is 153 Å². The molecular formula is C20H24N6. The number of aromatic nitrogens is 3. The summed E-state index contributed by atoms with van der Waals surface area (Å²) in [5, 5.41) is 11.4. The van der Waals surface area contributed by atoms with E-state index in [1.54, 1.807) is 6.33 Å². The SMILES string of the molecule is CCc1cccc(CC)c1NC(N)=NCc1nncn1-c1ccccc1. The Bertz CT molecular complexity index is 860. The highest BCUT2D eigenvalue weighted by molar-refractivity contribution is 5.93. The van der Waals surface area contributed by atoms with Crippen molar-refractivity contribution in [2.75, 3.05) is 5.32 Å². The quantitative estimate of drug-likeness (QED) is 0.529. The van der Waals surface area contributed by atoms with E-state index in [1.165, 1.54) is 11.1 Å². The zero-order valence-electron chi connectivity index (χ0n) is 15.2. The van der Waals surface area contributed by atoms with E-state index in [0.717, 1.165) is 30.0 Å². The first-order valence-electron chi connectivity index (χ1n) is 8.85. The third-order valence-corrected chi connectivity index (χ3v) is 4.30. The summed E-state index contributed by atoms with van der Waals surface area (Å²) >= 11 is 0. The molecule has 0 saturated heterocycles. The monoisotopic (exact) mass is 348 g/mol. The van der Waals surface area contributed by atoms with Gasteiger partial charge in [-0.2, -0.15) is 0 Å². The number of guanidine groups is 1. The molecule has 0 spiro atoms. The Kier molecular flexibility index (Phi) is 5.63. The van der Waals surface area contributed by atoms with Gasteiger partial charge in [0.15, 0.2) is 11.8 Å². The number of anilines is 1. The molecule has 2 aromatic carbocycles. The summed E-state index contributed by atoms with van der Waals surface area (Å²) in [7, 11) is 0. The normalized spacial score (nSPS) is 11.5. The van der Waals surface area contributed by atoms with Crippen LogP contribution in [0.25, 0.3) is 5.69 Å². The molecule has 0 aliphatic rings. The second-order valence-electron chi connectivity index (χ2n) is 5.94. The van der Waals surface area contributed by atoms with E-state index < -0.39 is 0 Å². The van der Waals surface area contributed by atoms with Crippen LogP contribution in [0.4, 0.5) is 5.69 Å². The van der Waals surface area contributed by atoms with Crippen molar-refractivity contribution in [3.8, 4) is 5.69 Å². The number of hydrogen-bond acceptors (Lipinski definition) is 3. The molecule has 6 nitrogen and oxygen atoms in total. The molecule has 0 aliphatic carbocycles. The van der Waals surface area contributed by atoms with Gasteiger partial charge >= 0.3 is 0 Å². The molecule has 0 radical (unpaired) electrons. The molecule has 0 atom stereocenters. The zero-order chi connectivity index (χ0) is 18.4. The van der Waals surface area contributed by atoms with Crippen molar-refractivity contribution in [2.24, 2.45) is 10.7 Å². The smallest absolute Gasteiger partial charge is 0.193 e. The van der Waals surface area contributed by atoms with Crippen molar-refractivity contribution in [3.63, 3.8) is 0 Å². The zero-order valence-corrected chi connectivity index (χ0v) is 15.2. The van der Waals surface area contributed by atoms with E-state index >= 15 is 0 Å². The Morgan fingerprint density at radius 3 is 2.38 bits per heavy atom. The van der Waals surface area contributed by atoms with Gasteiger partial charge in [0, 0.05) is 11.4 Å². The standard InChI is InChI=1S/C20H24N6/c1-3-15-9-8-10-16(4-2)19(15)24-20(21)22-13-18-25-23-14-26(18)17-11-6-5-7-12-17/h5-12,14H,3-4,13H2,1-2H3,(H3,21,22,24). The largest absolute Gasteiger partial charge is 0.370 e. The summed E-state index contributed by atoms with van der Waals surface area (Å²) in [5.41, 5.74) is 10.7. The summed E-state index contributed by atoms with van der Waals surface area (Å²) in [6.07, 6.45) is 3.56. The van der Waals surface area contributed by atoms with Crippen LogP contribution in [0.15, 0.2) is 59.9 Å². The fourth-order valence-corrected chi connectivity index (χ4v) is 2.90. The fourth-order valence-electron chi connectivity index (χ4n) is 2.90. The molecule has 0 aliphatic heterocycles. The number of hydrogen-bond donors (Lipinski definition) is 2. The molecule has 26 heavy (non-hydrogen) atoms. The molecule has 1 heterocycles. The lowest BCUT2D eigenvalue weighted by atomic mass is 10.0. The number of nitrogens with zero attached hydrogens (tertiary/aromatic N) is 4. The van der Waals surface area contributed by atoms with Crippen LogP contribution >= 0.6 is 0 Å². The maximum Gasteiger partial charge on any atom is 0.193 e. The highest BCUT2D eigenvalue weighted by Crippen LogP contribution is 2.22. The fraction of sp³-hybridized carbons (Fsp3) is 0.250. The maximum absolute atomic E-state index is 6.14. The van der Waals surface area contributed by atoms with Crippen LogP contribution in [-0.4, -0.2) is 20.7 Å². The molecule has 0 fully saturated rings. The van der Waals surface area contributed by atoms with Crippen molar-refractivity contribution in [1.82, 2.24) is 14.8 Å². The van der Waals surface area contributed by atoms with Gasteiger partial charge in [0.25, 0.3) is 0 Å². The molecule has 0 saturated carbocycles. The van der Waals surface area contributed by atoms with Crippen molar-refractivity contribution in [3.05, 3.63) is 71.8 Å². The minimum absolute atomic E-state index is 0.351. The van der Waals surface area contributed by atoms with Crippen LogP contribution in [0.2, 0.25) is 0 Å². The van der Waals surface area contributed by atoms with Crippen molar-refractivity contribution >= 4 is 11.6 Å². The maximum atomic E-state index is 6.14. The highest BCUT2D eigenvalue weighted by Gasteiger charge is 2.08. The molecule has 3 rings (SSSR count). The van der Waals surface area contributed by atoms with Crippen LogP contribution in [0.5, 0.6) is 0 Å². The highest BCUT2D eigenvalue weighted by atomic mass is 15.3. The Hall–Kier alpha value is -3.15. The summed E-state index contributed by atoms with van der Waals surface area (Å²) in [6, 6.07) is 16.2. The third kappa shape index (κ3) is 3.91. The summed E-state index contributed by atoms with van der Waals surface area (Å²) in [5.74, 6) is 1.11. The van der Waals surface area contributed by atoms with Gasteiger partial charge in [0.2, 0.25) is 0 Å². The molecule has 3 N–H and O–H groups in total. The van der Waals surface area contributed by atoms with Crippen LogP contribution in [-0.2, 0) is 19.4 Å². The second-order valence-corrected chi connectivity index (χ2v) is 5.94. The predicted molar refractivity (Wildman–Crippen MR) is 106 cm³/mol. The number of rotatable bonds is 6. The number of nitrogens with two attached hydrogens (primary N) is 1. The van der Waals surface area contributed by atoms with Gasteiger partial charge in [0.1, 0.15) is 12.9 Å². The van der Waals surface area contributed by atoms with Crippen molar-refractivity contribution < 1.29 is 0 Å². The summed E-state index contributed by atoms with van der Waals surface area (Å²) in [6.45, 7) is 4.62. The van der Waals surface area contributed by atoms with E-state index in [2.05, 4.69) is 52.6 Å². The average molecular weight is 348 g/mol. The molecule has 134 valence electrons. The van der Waals surface area contributed by atoms with Gasteiger partial charge in [-0.05, 0) is 36.1 Å². The Morgan fingerprint density at radius 1 is 1.04 bits per heavy atom. The average Bonchev–Trinajstić information content (AvgIpc) is 3.16. The molecule has 1 aromatic heterocycles. The molecule has 0 bridgehead atoms. The molecular weight excluding hydrogens is 324 g/mol. The predicted octanol–water partition coefficient (Wildman–Crippen LogP) is 3.32. The van der Waals surface area contributed by atoms with Gasteiger partial charge < -0.3 is 11.1 Å². The van der Waals surface area contributed by atoms with Crippen LogP contribution in [0.1, 0.15) is 30.8 Å². The Morgan fingerprint density at radius 2 is 1.73 bits per heavy atom. The number of benzene rings is 2. The topological polar surface area (TPSA) is 81.1 Å². The van der Waals surface area contributed by atoms with Gasteiger partial charge in [-0.15, -0.1) is 10.2 Å². The third-order valence-electron chi connectivity index (χ3n) is 4.30. The Balaban J connectivity index is 1.78.